The predicted molar refractivity (Wildman–Crippen MR) is 69.6 cm³/mol. The second kappa shape index (κ2) is 4.58. The predicted octanol–water partition coefficient (Wildman–Crippen LogP) is 3.27. The molecule has 0 saturated heterocycles. The maximum absolute atomic E-state index is 11.1. The van der Waals surface area contributed by atoms with Crippen LogP contribution >= 0.6 is 11.3 Å². The Hall–Kier alpha value is -1.48. The monoisotopic (exact) mass is 231 g/mol. The van der Waals surface area contributed by atoms with Crippen molar-refractivity contribution in [3.63, 3.8) is 0 Å². The molecule has 2 atom stereocenters. The second-order valence-electron chi connectivity index (χ2n) is 3.80. The molecule has 2 aromatic rings. The molecule has 2 rings (SSSR count). The number of fused-ring (bicyclic) bond motifs is 1. The van der Waals surface area contributed by atoms with Gasteiger partial charge in [0.25, 0.3) is 0 Å². The first-order valence-corrected chi connectivity index (χ1v) is 6.02. The number of carbonyl (C=O) groups excluding carboxylic acids is 1. The first-order valence-electron chi connectivity index (χ1n) is 5.14. The van der Waals surface area contributed by atoms with E-state index in [-0.39, 0.29) is 12.0 Å². The first kappa shape index (κ1) is 11.0. The average molecular weight is 231 g/mol. The third kappa shape index (κ3) is 1.91. The molecular formula is C13H13NOS. The highest BCUT2D eigenvalue weighted by Gasteiger charge is 2.17. The third-order valence-corrected chi connectivity index (χ3v) is 3.71. The largest absolute Gasteiger partial charge is 0.303 e. The van der Waals surface area contributed by atoms with Crippen molar-refractivity contribution in [3.05, 3.63) is 35.2 Å². The van der Waals surface area contributed by atoms with Gasteiger partial charge in [0.15, 0.2) is 0 Å². The molecule has 0 fully saturated rings. The number of aliphatic imine (C=N–C) groups is 1. The second-order valence-corrected chi connectivity index (χ2v) is 4.75. The van der Waals surface area contributed by atoms with E-state index in [9.17, 15) is 4.79 Å². The van der Waals surface area contributed by atoms with E-state index < -0.39 is 0 Å². The fraction of sp³-hybridized carbons (Fsp3) is 0.231. The van der Waals surface area contributed by atoms with Crippen LogP contribution in [0.25, 0.3) is 10.1 Å². The number of hydrogen-bond donors (Lipinski definition) is 0. The van der Waals surface area contributed by atoms with E-state index in [1.807, 2.05) is 13.0 Å². The molecule has 0 N–H and O–H groups in total. The lowest BCUT2D eigenvalue weighted by molar-refractivity contribution is -0.109. The number of nitrogens with zero attached hydrogens (tertiary/aromatic N) is 1. The Morgan fingerprint density at radius 1 is 1.44 bits per heavy atom. The Balaban J connectivity index is 2.44. The van der Waals surface area contributed by atoms with Gasteiger partial charge in [-0.2, -0.15) is 0 Å². The lowest BCUT2D eigenvalue weighted by atomic mass is 9.93. The van der Waals surface area contributed by atoms with Crippen molar-refractivity contribution in [1.82, 2.24) is 0 Å². The van der Waals surface area contributed by atoms with Crippen molar-refractivity contribution in [3.8, 4) is 0 Å². The van der Waals surface area contributed by atoms with E-state index in [4.69, 9.17) is 0 Å². The zero-order valence-corrected chi connectivity index (χ0v) is 9.91. The van der Waals surface area contributed by atoms with Gasteiger partial charge >= 0.3 is 0 Å². The van der Waals surface area contributed by atoms with Crippen LogP contribution in [0.1, 0.15) is 18.4 Å². The molecule has 0 aliphatic heterocycles. The molecule has 82 valence electrons. The van der Waals surface area contributed by atoms with Crippen LogP contribution in [0.15, 0.2) is 34.6 Å². The topological polar surface area (TPSA) is 29.4 Å². The zero-order valence-electron chi connectivity index (χ0n) is 9.09. The smallest absolute Gasteiger partial charge is 0.129 e. The molecule has 0 spiro atoms. The van der Waals surface area contributed by atoms with Gasteiger partial charge in [-0.15, -0.1) is 11.3 Å². The summed E-state index contributed by atoms with van der Waals surface area (Å²) in [7, 11) is 0. The SMILES string of the molecule is C=N[C@@H](C)C(C=O)c1ccc2sccc2c1. The van der Waals surface area contributed by atoms with Gasteiger partial charge in [-0.25, -0.2) is 0 Å². The van der Waals surface area contributed by atoms with E-state index >= 15 is 0 Å². The Bertz CT molecular complexity index is 517. The zero-order chi connectivity index (χ0) is 11.5. The van der Waals surface area contributed by atoms with E-state index in [1.54, 1.807) is 11.3 Å². The number of thiophene rings is 1. The van der Waals surface area contributed by atoms with E-state index in [1.165, 1.54) is 10.1 Å². The minimum atomic E-state index is -0.193. The normalized spacial score (nSPS) is 14.6. The van der Waals surface area contributed by atoms with Crippen LogP contribution in [0.5, 0.6) is 0 Å². The molecule has 0 aliphatic rings. The summed E-state index contributed by atoms with van der Waals surface area (Å²) >= 11 is 1.71. The molecule has 0 amide bonds. The van der Waals surface area contributed by atoms with Crippen LogP contribution in [-0.2, 0) is 4.79 Å². The van der Waals surface area contributed by atoms with Gasteiger partial charge in [0.2, 0.25) is 0 Å². The van der Waals surface area contributed by atoms with Crippen LogP contribution in [0, 0.1) is 0 Å². The highest BCUT2D eigenvalue weighted by Crippen LogP contribution is 2.27. The highest BCUT2D eigenvalue weighted by atomic mass is 32.1. The highest BCUT2D eigenvalue weighted by molar-refractivity contribution is 7.17. The van der Waals surface area contributed by atoms with Crippen LogP contribution in [0.2, 0.25) is 0 Å². The fourth-order valence-corrected chi connectivity index (χ4v) is 2.55. The summed E-state index contributed by atoms with van der Waals surface area (Å²) in [5, 5.41) is 3.24. The third-order valence-electron chi connectivity index (χ3n) is 2.82. The lowest BCUT2D eigenvalue weighted by Crippen LogP contribution is -2.14. The molecule has 0 saturated carbocycles. The van der Waals surface area contributed by atoms with E-state index in [0.717, 1.165) is 11.8 Å². The summed E-state index contributed by atoms with van der Waals surface area (Å²) < 4.78 is 1.24. The summed E-state index contributed by atoms with van der Waals surface area (Å²) in [5.41, 5.74) is 1.01. The van der Waals surface area contributed by atoms with Gasteiger partial charge in [0, 0.05) is 4.70 Å². The molecule has 2 nitrogen and oxygen atoms in total. The quantitative estimate of drug-likeness (QED) is 0.586. The van der Waals surface area contributed by atoms with Gasteiger partial charge < -0.3 is 4.79 Å². The Labute approximate surface area is 98.6 Å². The van der Waals surface area contributed by atoms with Gasteiger partial charge in [-0.3, -0.25) is 4.99 Å². The van der Waals surface area contributed by atoms with Crippen LogP contribution < -0.4 is 0 Å². The van der Waals surface area contributed by atoms with Gasteiger partial charge in [-0.05, 0) is 48.2 Å². The van der Waals surface area contributed by atoms with Crippen molar-refractivity contribution in [2.24, 2.45) is 4.99 Å². The minimum absolute atomic E-state index is 0.0754. The molecule has 3 heteroatoms. The molecule has 1 aromatic carbocycles. The standard InChI is InChI=1S/C13H13NOS/c1-9(14-2)12(8-15)10-3-4-13-11(7-10)5-6-16-13/h3-9,12H,2H2,1H3/t9-,12?/m0/s1. The number of aldehydes is 1. The molecule has 1 unspecified atom stereocenters. The number of benzene rings is 1. The molecule has 0 radical (unpaired) electrons. The minimum Gasteiger partial charge on any atom is -0.303 e. The lowest BCUT2D eigenvalue weighted by Gasteiger charge is -2.14. The number of rotatable bonds is 4. The van der Waals surface area contributed by atoms with Crippen molar-refractivity contribution in [2.75, 3.05) is 0 Å². The summed E-state index contributed by atoms with van der Waals surface area (Å²) in [5.74, 6) is -0.193. The van der Waals surface area contributed by atoms with Gasteiger partial charge in [0.05, 0.1) is 12.0 Å². The fourth-order valence-electron chi connectivity index (χ4n) is 1.78. The van der Waals surface area contributed by atoms with Gasteiger partial charge in [0.1, 0.15) is 6.29 Å². The maximum Gasteiger partial charge on any atom is 0.129 e. The molecule has 16 heavy (non-hydrogen) atoms. The summed E-state index contributed by atoms with van der Waals surface area (Å²) in [6.07, 6.45) is 0.951. The molecule has 1 aromatic heterocycles. The molecular weight excluding hydrogens is 218 g/mol. The Kier molecular flexibility index (Phi) is 3.15. The van der Waals surface area contributed by atoms with Crippen LogP contribution in [0.4, 0.5) is 0 Å². The number of hydrogen-bond acceptors (Lipinski definition) is 3. The molecule has 0 aliphatic carbocycles. The van der Waals surface area contributed by atoms with E-state index in [2.05, 4.69) is 35.3 Å². The average Bonchev–Trinajstić information content (AvgIpc) is 2.77. The van der Waals surface area contributed by atoms with Crippen molar-refractivity contribution < 1.29 is 4.79 Å². The maximum atomic E-state index is 11.1. The van der Waals surface area contributed by atoms with Crippen LogP contribution in [-0.4, -0.2) is 19.0 Å². The van der Waals surface area contributed by atoms with E-state index in [0.29, 0.717) is 0 Å². The van der Waals surface area contributed by atoms with Crippen molar-refractivity contribution in [1.29, 1.82) is 0 Å². The van der Waals surface area contributed by atoms with Crippen molar-refractivity contribution in [2.45, 2.75) is 18.9 Å². The van der Waals surface area contributed by atoms with Gasteiger partial charge in [-0.1, -0.05) is 6.07 Å². The Morgan fingerprint density at radius 2 is 2.25 bits per heavy atom. The van der Waals surface area contributed by atoms with Crippen LogP contribution in [0.3, 0.4) is 0 Å². The molecule has 0 bridgehead atoms. The summed E-state index contributed by atoms with van der Waals surface area (Å²) in [4.78, 5) is 15.0. The Morgan fingerprint density at radius 3 is 2.94 bits per heavy atom. The van der Waals surface area contributed by atoms with Crippen molar-refractivity contribution >= 4 is 34.4 Å². The first-order chi connectivity index (χ1) is 7.76. The summed E-state index contributed by atoms with van der Waals surface area (Å²) in [6.45, 7) is 5.41. The molecule has 1 heterocycles. The summed E-state index contributed by atoms with van der Waals surface area (Å²) in [6, 6.07) is 8.11. The number of carbonyl (C=O) groups is 1.